The van der Waals surface area contributed by atoms with E-state index in [4.69, 9.17) is 0 Å². The number of sulfonamides is 1. The van der Waals surface area contributed by atoms with Crippen molar-refractivity contribution in [2.45, 2.75) is 11.8 Å². The van der Waals surface area contributed by atoms with Gasteiger partial charge in [-0.05, 0) is 55.5 Å². The lowest BCUT2D eigenvalue weighted by Gasteiger charge is -2.23. The van der Waals surface area contributed by atoms with Crippen molar-refractivity contribution < 1.29 is 22.3 Å². The number of aromatic hydroxyl groups is 1. The van der Waals surface area contributed by atoms with E-state index in [0.29, 0.717) is 35.0 Å². The molecule has 2 N–H and O–H groups in total. The van der Waals surface area contributed by atoms with Crippen molar-refractivity contribution in [1.82, 2.24) is 4.98 Å². The largest absolute Gasteiger partial charge is 0.506 e. The molecule has 6 nitrogen and oxygen atoms in total. The molecule has 4 aromatic rings. The fourth-order valence-electron chi connectivity index (χ4n) is 3.42. The number of aromatic nitrogens is 1. The SMILES string of the molecule is CCN(c1ccc2c(NS(=O)(=O)c3cc(F)cc(F)c3)cccc2n1)c1ccccc1O. The van der Waals surface area contributed by atoms with Crippen LogP contribution in [0.4, 0.5) is 26.0 Å². The number of pyridine rings is 1. The van der Waals surface area contributed by atoms with Gasteiger partial charge in [-0.25, -0.2) is 22.2 Å². The highest BCUT2D eigenvalue weighted by atomic mass is 32.2. The third kappa shape index (κ3) is 4.19. The zero-order valence-electron chi connectivity index (χ0n) is 17.0. The summed E-state index contributed by atoms with van der Waals surface area (Å²) >= 11 is 0. The molecule has 9 heteroatoms. The molecule has 0 fully saturated rings. The minimum absolute atomic E-state index is 0.111. The van der Waals surface area contributed by atoms with Gasteiger partial charge in [0.25, 0.3) is 10.0 Å². The summed E-state index contributed by atoms with van der Waals surface area (Å²) in [4.78, 5) is 5.92. The van der Waals surface area contributed by atoms with Crippen LogP contribution < -0.4 is 9.62 Å². The van der Waals surface area contributed by atoms with E-state index in [0.717, 1.165) is 12.1 Å². The van der Waals surface area contributed by atoms with E-state index in [1.165, 1.54) is 6.07 Å². The Labute approximate surface area is 183 Å². The van der Waals surface area contributed by atoms with Gasteiger partial charge in [-0.3, -0.25) is 4.72 Å². The van der Waals surface area contributed by atoms with Crippen LogP contribution in [0.3, 0.4) is 0 Å². The van der Waals surface area contributed by atoms with Crippen LogP contribution in [0.1, 0.15) is 6.92 Å². The molecule has 164 valence electrons. The van der Waals surface area contributed by atoms with Crippen molar-refractivity contribution in [3.8, 4) is 5.75 Å². The van der Waals surface area contributed by atoms with Crippen molar-refractivity contribution in [3.63, 3.8) is 0 Å². The predicted molar refractivity (Wildman–Crippen MR) is 120 cm³/mol. The number of halogens is 2. The summed E-state index contributed by atoms with van der Waals surface area (Å²) in [5, 5.41) is 10.7. The lowest BCUT2D eigenvalue weighted by molar-refractivity contribution is 0.475. The predicted octanol–water partition coefficient (Wildman–Crippen LogP) is 5.18. The average molecular weight is 455 g/mol. The summed E-state index contributed by atoms with van der Waals surface area (Å²) in [7, 11) is -4.23. The first-order valence-corrected chi connectivity index (χ1v) is 11.2. The second kappa shape index (κ2) is 8.43. The molecule has 0 bridgehead atoms. The standard InChI is InChI=1S/C23H19F2N3O3S/c1-2-28(21-8-3-4-9-22(21)29)23-11-10-18-19(26-23)6-5-7-20(18)27-32(30,31)17-13-15(24)12-16(25)14-17/h3-14,27,29H,2H2,1H3. The fraction of sp³-hybridized carbons (Fsp3) is 0.0870. The highest BCUT2D eigenvalue weighted by Gasteiger charge is 2.19. The van der Waals surface area contributed by atoms with Gasteiger partial charge in [0.05, 0.1) is 21.8 Å². The van der Waals surface area contributed by atoms with E-state index >= 15 is 0 Å². The number of para-hydroxylation sites is 2. The molecular weight excluding hydrogens is 436 g/mol. The number of anilines is 3. The molecule has 0 spiro atoms. The molecule has 1 heterocycles. The minimum atomic E-state index is -4.23. The normalized spacial score (nSPS) is 11.5. The number of phenolic OH excluding ortho intramolecular Hbond substituents is 1. The van der Waals surface area contributed by atoms with E-state index in [-0.39, 0.29) is 11.4 Å². The number of nitrogens with one attached hydrogen (secondary N) is 1. The zero-order valence-corrected chi connectivity index (χ0v) is 17.8. The monoisotopic (exact) mass is 455 g/mol. The number of hydrogen-bond donors (Lipinski definition) is 2. The van der Waals surface area contributed by atoms with Crippen LogP contribution >= 0.6 is 0 Å². The van der Waals surface area contributed by atoms with Crippen LogP contribution in [-0.2, 0) is 10.0 Å². The second-order valence-corrected chi connectivity index (χ2v) is 8.67. The fourth-order valence-corrected chi connectivity index (χ4v) is 4.54. The summed E-state index contributed by atoms with van der Waals surface area (Å²) in [6.45, 7) is 2.45. The van der Waals surface area contributed by atoms with E-state index in [1.807, 2.05) is 11.8 Å². The Kier molecular flexibility index (Phi) is 5.67. The molecule has 3 aromatic carbocycles. The molecular formula is C23H19F2N3O3S. The molecule has 0 aliphatic rings. The Morgan fingerprint density at radius 1 is 0.969 bits per heavy atom. The molecule has 32 heavy (non-hydrogen) atoms. The quantitative estimate of drug-likeness (QED) is 0.419. The van der Waals surface area contributed by atoms with Gasteiger partial charge in [0, 0.05) is 18.0 Å². The lowest BCUT2D eigenvalue weighted by atomic mass is 10.2. The minimum Gasteiger partial charge on any atom is -0.506 e. The van der Waals surface area contributed by atoms with Crippen LogP contribution in [-0.4, -0.2) is 25.1 Å². The molecule has 0 saturated heterocycles. The number of hydrogen-bond acceptors (Lipinski definition) is 5. The summed E-state index contributed by atoms with van der Waals surface area (Å²) in [6.07, 6.45) is 0. The molecule has 0 saturated carbocycles. The molecule has 0 atom stereocenters. The summed E-state index contributed by atoms with van der Waals surface area (Å²) < 4.78 is 54.8. The first-order chi connectivity index (χ1) is 15.3. The van der Waals surface area contributed by atoms with Crippen LogP contribution in [0.25, 0.3) is 10.9 Å². The van der Waals surface area contributed by atoms with Gasteiger partial charge in [0.2, 0.25) is 0 Å². The number of rotatable bonds is 6. The molecule has 0 radical (unpaired) electrons. The van der Waals surface area contributed by atoms with E-state index in [9.17, 15) is 22.3 Å². The van der Waals surface area contributed by atoms with E-state index < -0.39 is 26.6 Å². The van der Waals surface area contributed by atoms with Gasteiger partial charge >= 0.3 is 0 Å². The molecule has 0 unspecified atom stereocenters. The third-order valence-electron chi connectivity index (χ3n) is 4.87. The van der Waals surface area contributed by atoms with Crippen LogP contribution in [0.2, 0.25) is 0 Å². The Morgan fingerprint density at radius 3 is 2.38 bits per heavy atom. The Hall–Kier alpha value is -3.72. The van der Waals surface area contributed by atoms with Gasteiger partial charge in [-0.1, -0.05) is 18.2 Å². The summed E-state index contributed by atoms with van der Waals surface area (Å²) in [6, 6.07) is 17.3. The second-order valence-electron chi connectivity index (χ2n) is 6.99. The maximum absolute atomic E-state index is 13.5. The Balaban J connectivity index is 1.73. The van der Waals surface area contributed by atoms with Gasteiger partial charge in [-0.15, -0.1) is 0 Å². The first-order valence-electron chi connectivity index (χ1n) is 9.73. The van der Waals surface area contributed by atoms with Gasteiger partial charge in [-0.2, -0.15) is 0 Å². The maximum atomic E-state index is 13.5. The van der Waals surface area contributed by atoms with Crippen LogP contribution in [0.15, 0.2) is 77.7 Å². The van der Waals surface area contributed by atoms with Gasteiger partial charge < -0.3 is 10.0 Å². The summed E-state index contributed by atoms with van der Waals surface area (Å²) in [5.41, 5.74) is 1.31. The van der Waals surface area contributed by atoms with Crippen molar-refractivity contribution >= 4 is 38.1 Å². The first kappa shape index (κ1) is 21.5. The highest BCUT2D eigenvalue weighted by molar-refractivity contribution is 7.92. The molecule has 0 aliphatic heterocycles. The lowest BCUT2D eigenvalue weighted by Crippen LogP contribution is -2.17. The number of phenols is 1. The molecule has 0 aliphatic carbocycles. The van der Waals surface area contributed by atoms with Crippen molar-refractivity contribution in [3.05, 3.63) is 84.4 Å². The topological polar surface area (TPSA) is 82.5 Å². The van der Waals surface area contributed by atoms with E-state index in [1.54, 1.807) is 48.5 Å². The van der Waals surface area contributed by atoms with Crippen molar-refractivity contribution in [1.29, 1.82) is 0 Å². The zero-order chi connectivity index (χ0) is 22.9. The molecule has 1 aromatic heterocycles. The van der Waals surface area contributed by atoms with Gasteiger partial charge in [0.15, 0.2) is 0 Å². The number of nitrogens with zero attached hydrogens (tertiary/aromatic N) is 2. The Bertz CT molecular complexity index is 1390. The Morgan fingerprint density at radius 2 is 1.69 bits per heavy atom. The van der Waals surface area contributed by atoms with Crippen LogP contribution in [0, 0.1) is 11.6 Å². The van der Waals surface area contributed by atoms with E-state index in [2.05, 4.69) is 9.71 Å². The summed E-state index contributed by atoms with van der Waals surface area (Å²) in [5.74, 6) is -1.30. The third-order valence-corrected chi connectivity index (χ3v) is 6.22. The molecule has 4 rings (SSSR count). The maximum Gasteiger partial charge on any atom is 0.262 e. The van der Waals surface area contributed by atoms with Crippen molar-refractivity contribution in [2.75, 3.05) is 16.2 Å². The van der Waals surface area contributed by atoms with Gasteiger partial charge in [0.1, 0.15) is 23.2 Å². The number of benzene rings is 3. The van der Waals surface area contributed by atoms with Crippen LogP contribution in [0.5, 0.6) is 5.75 Å². The highest BCUT2D eigenvalue weighted by Crippen LogP contribution is 2.33. The average Bonchev–Trinajstić information content (AvgIpc) is 2.75. The smallest absolute Gasteiger partial charge is 0.262 e. The molecule has 0 amide bonds. The van der Waals surface area contributed by atoms with Crippen molar-refractivity contribution in [2.24, 2.45) is 0 Å². The number of fused-ring (bicyclic) bond motifs is 1.